The minimum absolute atomic E-state index is 0.275. The molecule has 0 radical (unpaired) electrons. The van der Waals surface area contributed by atoms with Crippen molar-refractivity contribution < 1.29 is 9.66 Å². The highest BCUT2D eigenvalue weighted by Crippen LogP contribution is 2.23. The Balaban J connectivity index is 2.73. The van der Waals surface area contributed by atoms with Crippen molar-refractivity contribution in [2.45, 2.75) is 30.8 Å². The second-order valence-electron chi connectivity index (χ2n) is 4.15. The first-order valence-electron chi connectivity index (χ1n) is 4.81. The van der Waals surface area contributed by atoms with Crippen LogP contribution in [0.25, 0.3) is 0 Å². The van der Waals surface area contributed by atoms with E-state index in [4.69, 9.17) is 5.73 Å². The summed E-state index contributed by atoms with van der Waals surface area (Å²) in [5, 5.41) is 9.55. The van der Waals surface area contributed by atoms with E-state index in [1.54, 1.807) is 26.1 Å². The summed E-state index contributed by atoms with van der Waals surface area (Å²) in [6, 6.07) is 1.70. The topological polar surface area (TPSA) is 82.2 Å². The lowest BCUT2D eigenvalue weighted by Crippen LogP contribution is -2.23. The summed E-state index contributed by atoms with van der Waals surface area (Å²) in [5.74, 6) is 0.642. The van der Waals surface area contributed by atoms with Crippen LogP contribution in [0, 0.1) is 0 Å². The van der Waals surface area contributed by atoms with Gasteiger partial charge in [0.1, 0.15) is 5.75 Å². The Labute approximate surface area is 107 Å². The average molecular weight is 307 g/mol. The number of anilines is 1. The normalized spacial score (nSPS) is 13.8. The van der Waals surface area contributed by atoms with Gasteiger partial charge >= 0.3 is 0 Å². The molecule has 1 rings (SSSR count). The predicted octanol–water partition coefficient (Wildman–Crippen LogP) is 1.69. The first kappa shape index (κ1) is 13.8. The number of pyridine rings is 1. The van der Waals surface area contributed by atoms with Gasteiger partial charge in [0.15, 0.2) is 10.7 Å². The molecule has 0 spiro atoms. The Morgan fingerprint density at radius 3 is 2.81 bits per heavy atom. The number of halogens is 1. The molecule has 0 aliphatic heterocycles. The summed E-state index contributed by atoms with van der Waals surface area (Å²) in [6.07, 6.45) is 2.01. The van der Waals surface area contributed by atoms with Gasteiger partial charge in [-0.1, -0.05) is 0 Å². The Hall–Kier alpha value is -0.300. The summed E-state index contributed by atoms with van der Waals surface area (Å²) in [6.45, 7) is 3.37. The second-order valence-corrected chi connectivity index (χ2v) is 6.60. The summed E-state index contributed by atoms with van der Waals surface area (Å²) >= 11 is 2.02. The molecule has 0 bridgehead atoms. The summed E-state index contributed by atoms with van der Waals surface area (Å²) in [7, 11) is 0. The SMILES string of the molecule is CC(C)(O)CC[S+]([O-])c1cc(Br)cnc1N. The first-order chi connectivity index (χ1) is 7.29. The number of hydrogen-bond acceptors (Lipinski definition) is 4. The van der Waals surface area contributed by atoms with Crippen LogP contribution < -0.4 is 5.73 Å². The number of aromatic nitrogens is 1. The fourth-order valence-electron chi connectivity index (χ4n) is 1.07. The monoisotopic (exact) mass is 306 g/mol. The molecule has 1 heterocycles. The molecule has 16 heavy (non-hydrogen) atoms. The minimum Gasteiger partial charge on any atom is -0.611 e. The van der Waals surface area contributed by atoms with E-state index in [9.17, 15) is 9.66 Å². The maximum atomic E-state index is 11.9. The number of aliphatic hydroxyl groups is 1. The quantitative estimate of drug-likeness (QED) is 0.829. The van der Waals surface area contributed by atoms with E-state index >= 15 is 0 Å². The summed E-state index contributed by atoms with van der Waals surface area (Å²) in [4.78, 5) is 4.43. The van der Waals surface area contributed by atoms with E-state index < -0.39 is 16.8 Å². The van der Waals surface area contributed by atoms with E-state index in [0.717, 1.165) is 4.47 Å². The third-order valence-electron chi connectivity index (χ3n) is 1.99. The standard InChI is InChI=1S/C10H15BrN2O2S/c1-10(2,14)3-4-16(15)8-5-7(11)6-13-9(8)12/h5-6,14H,3-4H2,1-2H3,(H2,12,13). The Morgan fingerprint density at radius 1 is 1.62 bits per heavy atom. The van der Waals surface area contributed by atoms with Crippen LogP contribution in [-0.4, -0.2) is 26.0 Å². The second kappa shape index (κ2) is 5.35. The molecule has 1 aromatic heterocycles. The predicted molar refractivity (Wildman–Crippen MR) is 68.5 cm³/mol. The van der Waals surface area contributed by atoms with Gasteiger partial charge in [0.2, 0.25) is 0 Å². The van der Waals surface area contributed by atoms with Gasteiger partial charge < -0.3 is 15.4 Å². The van der Waals surface area contributed by atoms with Crippen molar-refractivity contribution in [3.05, 3.63) is 16.7 Å². The van der Waals surface area contributed by atoms with Crippen LogP contribution in [0.15, 0.2) is 21.6 Å². The highest BCUT2D eigenvalue weighted by Gasteiger charge is 2.21. The van der Waals surface area contributed by atoms with E-state index in [1.807, 2.05) is 0 Å². The summed E-state index contributed by atoms with van der Waals surface area (Å²) in [5.41, 5.74) is 4.83. The van der Waals surface area contributed by atoms with Crippen LogP contribution in [0.5, 0.6) is 0 Å². The van der Waals surface area contributed by atoms with E-state index in [0.29, 0.717) is 17.1 Å². The molecule has 0 aliphatic rings. The van der Waals surface area contributed by atoms with Crippen molar-refractivity contribution in [1.29, 1.82) is 0 Å². The number of nitrogens with two attached hydrogens (primary N) is 1. The third-order valence-corrected chi connectivity index (χ3v) is 3.82. The molecule has 4 nitrogen and oxygen atoms in total. The van der Waals surface area contributed by atoms with Crippen LogP contribution in [0.4, 0.5) is 5.82 Å². The number of hydrogen-bond donors (Lipinski definition) is 2. The third kappa shape index (κ3) is 4.29. The van der Waals surface area contributed by atoms with Gasteiger partial charge in [0, 0.05) is 23.2 Å². The van der Waals surface area contributed by atoms with Crippen LogP contribution in [-0.2, 0) is 11.2 Å². The Morgan fingerprint density at radius 2 is 2.25 bits per heavy atom. The maximum absolute atomic E-state index is 11.9. The molecular weight excluding hydrogens is 292 g/mol. The van der Waals surface area contributed by atoms with Gasteiger partial charge in [0.25, 0.3) is 0 Å². The molecular formula is C10H15BrN2O2S. The van der Waals surface area contributed by atoms with E-state index in [2.05, 4.69) is 20.9 Å². The Bertz CT molecular complexity index is 368. The summed E-state index contributed by atoms with van der Waals surface area (Å²) < 4.78 is 12.7. The molecule has 6 heteroatoms. The largest absolute Gasteiger partial charge is 0.611 e. The van der Waals surface area contributed by atoms with Gasteiger partial charge in [-0.05, 0) is 41.0 Å². The van der Waals surface area contributed by atoms with Crippen molar-refractivity contribution in [3.63, 3.8) is 0 Å². The van der Waals surface area contributed by atoms with Crippen LogP contribution in [0.1, 0.15) is 20.3 Å². The molecule has 90 valence electrons. The zero-order valence-electron chi connectivity index (χ0n) is 9.24. The van der Waals surface area contributed by atoms with Gasteiger partial charge in [-0.3, -0.25) is 0 Å². The van der Waals surface area contributed by atoms with Crippen LogP contribution in [0.3, 0.4) is 0 Å². The molecule has 0 saturated heterocycles. The fraction of sp³-hybridized carbons (Fsp3) is 0.500. The smallest absolute Gasteiger partial charge is 0.195 e. The lowest BCUT2D eigenvalue weighted by atomic mass is 10.1. The maximum Gasteiger partial charge on any atom is 0.195 e. The molecule has 1 atom stereocenters. The molecule has 0 fully saturated rings. The number of nitrogens with zero attached hydrogens (tertiary/aromatic N) is 1. The van der Waals surface area contributed by atoms with Crippen molar-refractivity contribution >= 4 is 32.9 Å². The van der Waals surface area contributed by atoms with Gasteiger partial charge in [-0.15, -0.1) is 0 Å². The molecule has 0 amide bonds. The minimum atomic E-state index is -1.23. The lowest BCUT2D eigenvalue weighted by Gasteiger charge is -2.18. The molecule has 3 N–H and O–H groups in total. The zero-order chi connectivity index (χ0) is 12.3. The van der Waals surface area contributed by atoms with Gasteiger partial charge in [-0.2, -0.15) is 0 Å². The van der Waals surface area contributed by atoms with Gasteiger partial charge in [-0.25, -0.2) is 4.98 Å². The molecule has 0 aromatic carbocycles. The lowest BCUT2D eigenvalue weighted by molar-refractivity contribution is 0.0772. The fourth-order valence-corrected chi connectivity index (χ4v) is 3.00. The first-order valence-corrected chi connectivity index (χ1v) is 6.92. The Kier molecular flexibility index (Phi) is 4.61. The van der Waals surface area contributed by atoms with Crippen molar-refractivity contribution in [1.82, 2.24) is 4.98 Å². The molecule has 0 saturated carbocycles. The van der Waals surface area contributed by atoms with E-state index in [-0.39, 0.29) is 5.82 Å². The van der Waals surface area contributed by atoms with Crippen molar-refractivity contribution in [2.75, 3.05) is 11.5 Å². The van der Waals surface area contributed by atoms with Crippen LogP contribution in [0.2, 0.25) is 0 Å². The van der Waals surface area contributed by atoms with Crippen molar-refractivity contribution in [2.24, 2.45) is 0 Å². The molecule has 0 aliphatic carbocycles. The number of rotatable bonds is 4. The highest BCUT2D eigenvalue weighted by atomic mass is 79.9. The van der Waals surface area contributed by atoms with Crippen LogP contribution >= 0.6 is 15.9 Å². The average Bonchev–Trinajstić information content (AvgIpc) is 2.17. The highest BCUT2D eigenvalue weighted by molar-refractivity contribution is 9.10. The van der Waals surface area contributed by atoms with Gasteiger partial charge in [0.05, 0.1) is 5.60 Å². The van der Waals surface area contributed by atoms with E-state index in [1.165, 1.54) is 0 Å². The van der Waals surface area contributed by atoms with Crippen molar-refractivity contribution in [3.8, 4) is 0 Å². The zero-order valence-corrected chi connectivity index (χ0v) is 11.6. The molecule has 1 unspecified atom stereocenters. The number of nitrogen functional groups attached to an aromatic ring is 1. The molecule has 1 aromatic rings.